The number of para-hydroxylation sites is 1. The lowest BCUT2D eigenvalue weighted by molar-refractivity contribution is 0.0951. The van der Waals surface area contributed by atoms with E-state index in [1.165, 1.54) is 12.6 Å². The number of carbonyl (C=O) groups is 1. The molecule has 7 heteroatoms. The van der Waals surface area contributed by atoms with Gasteiger partial charge in [-0.05, 0) is 61.3 Å². The second-order valence-electron chi connectivity index (χ2n) is 7.38. The Morgan fingerprint density at radius 1 is 0.839 bits per heavy atom. The third-order valence-corrected chi connectivity index (χ3v) is 6.52. The highest BCUT2D eigenvalue weighted by molar-refractivity contribution is 7.88. The fourth-order valence-electron chi connectivity index (χ4n) is 3.14. The van der Waals surface area contributed by atoms with Crippen LogP contribution in [0.5, 0.6) is 0 Å². The molecule has 0 aromatic heterocycles. The second kappa shape index (κ2) is 9.76. The van der Waals surface area contributed by atoms with Crippen LogP contribution in [0.4, 0.5) is 11.4 Å². The fraction of sp³-hybridized carbons (Fsp3) is 0.208. The maximum Gasteiger partial charge on any atom is 0.253 e. The van der Waals surface area contributed by atoms with Gasteiger partial charge in [-0.2, -0.15) is 0 Å². The van der Waals surface area contributed by atoms with Crippen LogP contribution in [0.1, 0.15) is 32.6 Å². The van der Waals surface area contributed by atoms with Crippen LogP contribution in [0.25, 0.3) is 0 Å². The molecule has 0 saturated carbocycles. The van der Waals surface area contributed by atoms with E-state index in [-0.39, 0.29) is 11.7 Å². The van der Waals surface area contributed by atoms with Crippen molar-refractivity contribution in [1.29, 1.82) is 0 Å². The number of carbonyl (C=O) groups excluding carboxylic acids is 1. The van der Waals surface area contributed by atoms with E-state index in [2.05, 4.69) is 28.3 Å². The summed E-state index contributed by atoms with van der Waals surface area (Å²) < 4.78 is 25.6. The van der Waals surface area contributed by atoms with Crippen LogP contribution in [0, 0.1) is 13.8 Å². The second-order valence-corrected chi connectivity index (χ2v) is 9.31. The predicted octanol–water partition coefficient (Wildman–Crippen LogP) is 4.03. The minimum absolute atomic E-state index is 0.0758. The first-order chi connectivity index (χ1) is 14.8. The van der Waals surface area contributed by atoms with E-state index in [0.29, 0.717) is 17.7 Å². The highest BCUT2D eigenvalue weighted by Crippen LogP contribution is 2.25. The standard InChI is InChI=1S/C24H27N3O3S/c1-17-7-6-10-22(18(17)2)27-23-9-5-4-8-21(23)24(28)26-15-19-11-13-20(14-12-19)16-31(29,30)25-3/h4-14,25,27H,15-16H2,1-3H3,(H,26,28). The summed E-state index contributed by atoms with van der Waals surface area (Å²) in [6.45, 7) is 4.44. The van der Waals surface area contributed by atoms with Crippen LogP contribution < -0.4 is 15.4 Å². The monoisotopic (exact) mass is 437 g/mol. The number of nitrogens with one attached hydrogen (secondary N) is 3. The smallest absolute Gasteiger partial charge is 0.253 e. The fourth-order valence-corrected chi connectivity index (χ4v) is 3.92. The normalized spacial score (nSPS) is 11.2. The highest BCUT2D eigenvalue weighted by Gasteiger charge is 2.13. The molecule has 0 aliphatic carbocycles. The maximum atomic E-state index is 12.8. The van der Waals surface area contributed by atoms with E-state index in [1.54, 1.807) is 18.2 Å². The molecule has 3 rings (SSSR count). The molecule has 162 valence electrons. The van der Waals surface area contributed by atoms with E-state index in [9.17, 15) is 13.2 Å². The minimum Gasteiger partial charge on any atom is -0.355 e. The van der Waals surface area contributed by atoms with Gasteiger partial charge in [0.25, 0.3) is 5.91 Å². The van der Waals surface area contributed by atoms with Crippen molar-refractivity contribution in [3.05, 3.63) is 94.5 Å². The van der Waals surface area contributed by atoms with Gasteiger partial charge in [-0.1, -0.05) is 48.5 Å². The summed E-state index contributed by atoms with van der Waals surface area (Å²) in [5.74, 6) is -0.261. The first kappa shape index (κ1) is 22.5. The molecule has 1 amide bonds. The summed E-state index contributed by atoms with van der Waals surface area (Å²) in [6.07, 6.45) is 0. The number of anilines is 2. The van der Waals surface area contributed by atoms with E-state index in [4.69, 9.17) is 0 Å². The molecule has 0 atom stereocenters. The zero-order valence-electron chi connectivity index (χ0n) is 17.9. The summed E-state index contributed by atoms with van der Waals surface area (Å²) in [6, 6.07) is 20.6. The molecule has 0 aliphatic rings. The Morgan fingerprint density at radius 3 is 2.19 bits per heavy atom. The first-order valence-corrected chi connectivity index (χ1v) is 11.6. The lowest BCUT2D eigenvalue weighted by atomic mass is 10.1. The van der Waals surface area contributed by atoms with Crippen molar-refractivity contribution in [3.63, 3.8) is 0 Å². The predicted molar refractivity (Wildman–Crippen MR) is 125 cm³/mol. The molecule has 3 aromatic rings. The molecule has 0 unspecified atom stereocenters. The Morgan fingerprint density at radius 2 is 1.48 bits per heavy atom. The van der Waals surface area contributed by atoms with Gasteiger partial charge in [0.1, 0.15) is 0 Å². The maximum absolute atomic E-state index is 12.8. The molecule has 0 bridgehead atoms. The molecular formula is C24H27N3O3S. The van der Waals surface area contributed by atoms with Crippen molar-refractivity contribution in [2.75, 3.05) is 12.4 Å². The van der Waals surface area contributed by atoms with Crippen molar-refractivity contribution < 1.29 is 13.2 Å². The van der Waals surface area contributed by atoms with Crippen molar-refractivity contribution in [3.8, 4) is 0 Å². The Kier molecular flexibility index (Phi) is 7.09. The highest BCUT2D eigenvalue weighted by atomic mass is 32.2. The summed E-state index contributed by atoms with van der Waals surface area (Å²) in [5, 5.41) is 6.31. The Bertz CT molecular complexity index is 1170. The van der Waals surface area contributed by atoms with Gasteiger partial charge in [-0.3, -0.25) is 4.79 Å². The Labute approximate surface area is 183 Å². The van der Waals surface area contributed by atoms with Crippen LogP contribution in [-0.4, -0.2) is 21.4 Å². The van der Waals surface area contributed by atoms with Crippen LogP contribution in [0.3, 0.4) is 0 Å². The number of sulfonamides is 1. The molecule has 0 radical (unpaired) electrons. The molecule has 0 spiro atoms. The Balaban J connectivity index is 1.68. The number of hydrogen-bond donors (Lipinski definition) is 3. The van der Waals surface area contributed by atoms with Gasteiger partial charge < -0.3 is 10.6 Å². The third-order valence-electron chi connectivity index (χ3n) is 5.19. The zero-order valence-corrected chi connectivity index (χ0v) is 18.7. The largest absolute Gasteiger partial charge is 0.355 e. The van der Waals surface area contributed by atoms with Crippen molar-refractivity contribution in [2.24, 2.45) is 0 Å². The van der Waals surface area contributed by atoms with Crippen LogP contribution in [0.15, 0.2) is 66.7 Å². The molecule has 0 aliphatic heterocycles. The molecule has 6 nitrogen and oxygen atoms in total. The summed E-state index contributed by atoms with van der Waals surface area (Å²) in [4.78, 5) is 12.8. The topological polar surface area (TPSA) is 87.3 Å². The van der Waals surface area contributed by atoms with Crippen LogP contribution >= 0.6 is 0 Å². The number of amides is 1. The number of hydrogen-bond acceptors (Lipinski definition) is 4. The quantitative estimate of drug-likeness (QED) is 0.497. The number of aryl methyl sites for hydroxylation is 1. The average Bonchev–Trinajstić information content (AvgIpc) is 2.76. The van der Waals surface area contributed by atoms with Crippen molar-refractivity contribution in [1.82, 2.24) is 10.0 Å². The molecule has 3 aromatic carbocycles. The minimum atomic E-state index is -3.31. The van der Waals surface area contributed by atoms with Crippen LogP contribution in [0.2, 0.25) is 0 Å². The van der Waals surface area contributed by atoms with Gasteiger partial charge in [0.15, 0.2) is 0 Å². The van der Waals surface area contributed by atoms with Gasteiger partial charge in [-0.25, -0.2) is 13.1 Å². The van der Waals surface area contributed by atoms with Crippen molar-refractivity contribution >= 4 is 27.3 Å². The first-order valence-electron chi connectivity index (χ1n) is 9.98. The van der Waals surface area contributed by atoms with Crippen LogP contribution in [-0.2, 0) is 22.3 Å². The lowest BCUT2D eigenvalue weighted by Gasteiger charge is -2.15. The van der Waals surface area contributed by atoms with Crippen molar-refractivity contribution in [2.45, 2.75) is 26.1 Å². The summed E-state index contributed by atoms with van der Waals surface area (Å²) in [5.41, 5.74) is 6.15. The van der Waals surface area contributed by atoms with Gasteiger partial charge in [0.2, 0.25) is 10.0 Å². The van der Waals surface area contributed by atoms with E-state index in [1.807, 2.05) is 49.4 Å². The lowest BCUT2D eigenvalue weighted by Crippen LogP contribution is -2.23. The number of benzene rings is 3. The number of rotatable bonds is 8. The summed E-state index contributed by atoms with van der Waals surface area (Å²) in [7, 11) is -1.92. The zero-order chi connectivity index (χ0) is 22.4. The molecule has 0 saturated heterocycles. The van der Waals surface area contributed by atoms with Gasteiger partial charge in [0, 0.05) is 12.2 Å². The molecular weight excluding hydrogens is 410 g/mol. The molecule has 31 heavy (non-hydrogen) atoms. The molecule has 0 heterocycles. The third kappa shape index (κ3) is 5.93. The van der Waals surface area contributed by atoms with E-state index in [0.717, 1.165) is 22.5 Å². The average molecular weight is 438 g/mol. The SMILES string of the molecule is CNS(=O)(=O)Cc1ccc(CNC(=O)c2ccccc2Nc2cccc(C)c2C)cc1. The van der Waals surface area contributed by atoms with Gasteiger partial charge in [0.05, 0.1) is 17.0 Å². The van der Waals surface area contributed by atoms with E-state index >= 15 is 0 Å². The summed E-state index contributed by atoms with van der Waals surface area (Å²) >= 11 is 0. The Hall–Kier alpha value is -3.16. The van der Waals surface area contributed by atoms with Gasteiger partial charge in [-0.15, -0.1) is 0 Å². The molecule has 3 N–H and O–H groups in total. The van der Waals surface area contributed by atoms with E-state index < -0.39 is 10.0 Å². The molecule has 0 fully saturated rings. The van der Waals surface area contributed by atoms with Gasteiger partial charge >= 0.3 is 0 Å².